The zero-order valence-corrected chi connectivity index (χ0v) is 11.9. The van der Waals surface area contributed by atoms with E-state index in [9.17, 15) is 4.79 Å². The monoisotopic (exact) mass is 283 g/mol. The average Bonchev–Trinajstić information content (AvgIpc) is 3.23. The molecule has 19 heavy (non-hydrogen) atoms. The summed E-state index contributed by atoms with van der Waals surface area (Å²) in [6.45, 7) is 0.619. The zero-order valence-electron chi connectivity index (χ0n) is 11.1. The molecule has 1 atom stereocenters. The molecule has 1 unspecified atom stereocenters. The van der Waals surface area contributed by atoms with E-state index in [1.54, 1.807) is 25.3 Å². The van der Waals surface area contributed by atoms with E-state index in [0.29, 0.717) is 23.1 Å². The maximum absolute atomic E-state index is 11.8. The minimum Gasteiger partial charge on any atom is -0.465 e. The molecule has 0 aromatic heterocycles. The number of nitrogens with one attached hydrogen (secondary N) is 1. The van der Waals surface area contributed by atoms with Crippen molar-refractivity contribution in [2.24, 2.45) is 5.92 Å². The third-order valence-corrected chi connectivity index (χ3v) is 3.50. The minimum absolute atomic E-state index is 0.217. The number of carbonyl (C=O) groups excluding carboxylic acids is 1. The van der Waals surface area contributed by atoms with Gasteiger partial charge in [0.05, 0.1) is 25.3 Å². The number of carbonyl (C=O) groups is 1. The first-order chi connectivity index (χ1) is 9.15. The second-order valence-electron chi connectivity index (χ2n) is 4.73. The minimum atomic E-state index is -0.392. The SMILES string of the molecule is COCC(Nc1ccc(Cl)cc1C(=O)OC)C1CC1. The summed E-state index contributed by atoms with van der Waals surface area (Å²) in [5.74, 6) is 0.220. The van der Waals surface area contributed by atoms with Crippen LogP contribution in [0.3, 0.4) is 0 Å². The molecule has 0 heterocycles. The zero-order chi connectivity index (χ0) is 13.8. The van der Waals surface area contributed by atoms with Crippen LogP contribution in [0.4, 0.5) is 5.69 Å². The fourth-order valence-electron chi connectivity index (χ4n) is 2.09. The van der Waals surface area contributed by atoms with Crippen LogP contribution in [-0.4, -0.2) is 32.8 Å². The van der Waals surface area contributed by atoms with E-state index in [4.69, 9.17) is 21.1 Å². The second kappa shape index (κ2) is 6.26. The van der Waals surface area contributed by atoms with Gasteiger partial charge < -0.3 is 14.8 Å². The Morgan fingerprint density at radius 2 is 2.21 bits per heavy atom. The Morgan fingerprint density at radius 3 is 2.79 bits per heavy atom. The molecule has 104 valence electrons. The third-order valence-electron chi connectivity index (χ3n) is 3.27. The van der Waals surface area contributed by atoms with Gasteiger partial charge in [0.2, 0.25) is 0 Å². The van der Waals surface area contributed by atoms with E-state index in [0.717, 1.165) is 5.69 Å². The van der Waals surface area contributed by atoms with Gasteiger partial charge in [-0.05, 0) is 37.0 Å². The maximum Gasteiger partial charge on any atom is 0.340 e. The van der Waals surface area contributed by atoms with Crippen LogP contribution >= 0.6 is 11.6 Å². The lowest BCUT2D eigenvalue weighted by atomic mass is 10.1. The van der Waals surface area contributed by atoms with Crippen LogP contribution in [0.15, 0.2) is 18.2 Å². The van der Waals surface area contributed by atoms with Gasteiger partial charge in [-0.1, -0.05) is 11.6 Å². The Hall–Kier alpha value is -1.26. The van der Waals surface area contributed by atoms with E-state index in [1.807, 2.05) is 0 Å². The Kier molecular flexibility index (Phi) is 4.66. The summed E-state index contributed by atoms with van der Waals surface area (Å²) in [6.07, 6.45) is 2.39. The molecule has 0 aliphatic heterocycles. The molecule has 0 amide bonds. The smallest absolute Gasteiger partial charge is 0.340 e. The summed E-state index contributed by atoms with van der Waals surface area (Å²) in [6, 6.07) is 5.40. The maximum atomic E-state index is 11.8. The first-order valence-electron chi connectivity index (χ1n) is 6.29. The molecular formula is C14H18ClNO3. The van der Waals surface area contributed by atoms with Gasteiger partial charge in [0, 0.05) is 17.8 Å². The van der Waals surface area contributed by atoms with Gasteiger partial charge in [-0.3, -0.25) is 0 Å². The van der Waals surface area contributed by atoms with E-state index in [2.05, 4.69) is 5.32 Å². The van der Waals surface area contributed by atoms with E-state index in [-0.39, 0.29) is 6.04 Å². The Balaban J connectivity index is 2.20. The predicted octanol–water partition coefficient (Wildman–Crippen LogP) is 2.96. The van der Waals surface area contributed by atoms with Crippen LogP contribution in [0.1, 0.15) is 23.2 Å². The van der Waals surface area contributed by atoms with Crippen LogP contribution in [0, 0.1) is 5.92 Å². The fraction of sp³-hybridized carbons (Fsp3) is 0.500. The van der Waals surface area contributed by atoms with Crippen LogP contribution in [0.25, 0.3) is 0 Å². The van der Waals surface area contributed by atoms with Gasteiger partial charge in [-0.25, -0.2) is 4.79 Å². The van der Waals surface area contributed by atoms with Crippen molar-refractivity contribution in [3.8, 4) is 0 Å². The molecule has 1 N–H and O–H groups in total. The van der Waals surface area contributed by atoms with Gasteiger partial charge in [-0.15, -0.1) is 0 Å². The van der Waals surface area contributed by atoms with Gasteiger partial charge in [0.25, 0.3) is 0 Å². The Morgan fingerprint density at radius 1 is 1.47 bits per heavy atom. The summed E-state index contributed by atoms with van der Waals surface area (Å²) in [7, 11) is 3.04. The van der Waals surface area contributed by atoms with Crippen LogP contribution in [0.2, 0.25) is 5.02 Å². The number of esters is 1. The molecule has 1 aromatic rings. The molecule has 1 saturated carbocycles. The molecule has 0 spiro atoms. The number of ether oxygens (including phenoxy) is 2. The van der Waals surface area contributed by atoms with Crippen LogP contribution < -0.4 is 5.32 Å². The highest BCUT2D eigenvalue weighted by Crippen LogP contribution is 2.35. The molecular weight excluding hydrogens is 266 g/mol. The highest BCUT2D eigenvalue weighted by molar-refractivity contribution is 6.31. The Bertz CT molecular complexity index is 460. The van der Waals surface area contributed by atoms with Crippen molar-refractivity contribution in [1.82, 2.24) is 0 Å². The molecule has 2 rings (SSSR count). The number of methoxy groups -OCH3 is 2. The number of halogens is 1. The standard InChI is InChI=1S/C14H18ClNO3/c1-18-8-13(9-3-4-9)16-12-6-5-10(15)7-11(12)14(17)19-2/h5-7,9,13,16H,3-4,8H2,1-2H3. The van der Waals surface area contributed by atoms with Gasteiger partial charge in [0.15, 0.2) is 0 Å². The molecule has 0 radical (unpaired) electrons. The largest absolute Gasteiger partial charge is 0.465 e. The first kappa shape index (κ1) is 14.2. The number of benzene rings is 1. The van der Waals surface area contributed by atoms with Gasteiger partial charge in [0.1, 0.15) is 0 Å². The first-order valence-corrected chi connectivity index (χ1v) is 6.67. The highest BCUT2D eigenvalue weighted by atomic mass is 35.5. The average molecular weight is 284 g/mol. The lowest BCUT2D eigenvalue weighted by Crippen LogP contribution is -2.28. The number of anilines is 1. The van der Waals surface area contributed by atoms with Gasteiger partial charge in [-0.2, -0.15) is 0 Å². The molecule has 4 nitrogen and oxygen atoms in total. The molecule has 0 bridgehead atoms. The summed E-state index contributed by atoms with van der Waals surface area (Å²) >= 11 is 5.93. The van der Waals surface area contributed by atoms with Crippen LogP contribution in [0.5, 0.6) is 0 Å². The van der Waals surface area contributed by atoms with E-state index < -0.39 is 5.97 Å². The lowest BCUT2D eigenvalue weighted by Gasteiger charge is -2.20. The summed E-state index contributed by atoms with van der Waals surface area (Å²) in [5.41, 5.74) is 1.20. The summed E-state index contributed by atoms with van der Waals surface area (Å²) in [4.78, 5) is 11.8. The van der Waals surface area contributed by atoms with Crippen molar-refractivity contribution < 1.29 is 14.3 Å². The Labute approximate surface area is 118 Å². The lowest BCUT2D eigenvalue weighted by molar-refractivity contribution is 0.0601. The molecule has 0 saturated heterocycles. The highest BCUT2D eigenvalue weighted by Gasteiger charge is 2.31. The number of hydrogen-bond acceptors (Lipinski definition) is 4. The fourth-order valence-corrected chi connectivity index (χ4v) is 2.27. The second-order valence-corrected chi connectivity index (χ2v) is 5.16. The summed E-state index contributed by atoms with van der Waals surface area (Å²) in [5, 5.41) is 3.88. The predicted molar refractivity (Wildman–Crippen MR) is 74.8 cm³/mol. The van der Waals surface area contributed by atoms with Crippen molar-refractivity contribution in [3.05, 3.63) is 28.8 Å². The van der Waals surface area contributed by atoms with E-state index >= 15 is 0 Å². The van der Waals surface area contributed by atoms with Crippen molar-refractivity contribution in [2.45, 2.75) is 18.9 Å². The molecule has 1 aliphatic rings. The number of rotatable bonds is 6. The molecule has 1 aromatic carbocycles. The van der Waals surface area contributed by atoms with Crippen molar-refractivity contribution in [2.75, 3.05) is 26.1 Å². The topological polar surface area (TPSA) is 47.6 Å². The molecule has 1 fully saturated rings. The molecule has 5 heteroatoms. The van der Waals surface area contributed by atoms with Crippen molar-refractivity contribution in [1.29, 1.82) is 0 Å². The van der Waals surface area contributed by atoms with Crippen LogP contribution in [-0.2, 0) is 9.47 Å². The summed E-state index contributed by atoms with van der Waals surface area (Å²) < 4.78 is 10.0. The van der Waals surface area contributed by atoms with E-state index in [1.165, 1.54) is 20.0 Å². The number of hydrogen-bond donors (Lipinski definition) is 1. The van der Waals surface area contributed by atoms with Crippen molar-refractivity contribution >= 4 is 23.3 Å². The van der Waals surface area contributed by atoms with Crippen molar-refractivity contribution in [3.63, 3.8) is 0 Å². The quantitative estimate of drug-likeness (QED) is 0.816. The normalized spacial score (nSPS) is 15.9. The third kappa shape index (κ3) is 3.61. The molecule has 1 aliphatic carbocycles. The van der Waals surface area contributed by atoms with Gasteiger partial charge >= 0.3 is 5.97 Å².